The number of nitrogens with zero attached hydrogens (tertiary/aromatic N) is 1. The molecular weight excluding hydrogens is 451 g/mol. The molecule has 178 valence electrons. The van der Waals surface area contributed by atoms with Gasteiger partial charge in [0.2, 0.25) is 5.91 Å². The maximum atomic E-state index is 13.3. The van der Waals surface area contributed by atoms with Crippen LogP contribution in [0.2, 0.25) is 0 Å². The first-order valence-corrected chi connectivity index (χ1v) is 10.9. The molecule has 1 aliphatic heterocycles. The molecule has 35 heavy (non-hydrogen) atoms. The van der Waals surface area contributed by atoms with Crippen LogP contribution in [0.1, 0.15) is 28.4 Å². The number of amides is 5. The van der Waals surface area contributed by atoms with Crippen LogP contribution in [0.5, 0.6) is 0 Å². The number of halogens is 1. The normalized spacial score (nSPS) is 17.1. The van der Waals surface area contributed by atoms with Crippen molar-refractivity contribution in [3.05, 3.63) is 101 Å². The Hall–Kier alpha value is -4.53. The summed E-state index contributed by atoms with van der Waals surface area (Å²) in [7, 11) is 0. The fourth-order valence-electron chi connectivity index (χ4n) is 3.82. The molecule has 0 radical (unpaired) electrons. The summed E-state index contributed by atoms with van der Waals surface area (Å²) in [6.07, 6.45) is 0. The molecule has 1 aliphatic rings. The summed E-state index contributed by atoms with van der Waals surface area (Å²) in [5.41, 5.74) is 0.368. The average Bonchev–Trinajstić information content (AvgIpc) is 3.07. The number of para-hydroxylation sites is 1. The fraction of sp³-hybridized carbons (Fsp3) is 0.154. The summed E-state index contributed by atoms with van der Waals surface area (Å²) in [6, 6.07) is 20.3. The van der Waals surface area contributed by atoms with Crippen LogP contribution >= 0.6 is 0 Å². The van der Waals surface area contributed by atoms with Crippen LogP contribution in [0.4, 0.5) is 14.9 Å². The number of hydrogen-bond acceptors (Lipinski definition) is 4. The predicted molar refractivity (Wildman–Crippen MR) is 127 cm³/mol. The van der Waals surface area contributed by atoms with E-state index >= 15 is 0 Å². The van der Waals surface area contributed by atoms with Gasteiger partial charge in [0, 0.05) is 6.54 Å². The Morgan fingerprint density at radius 1 is 0.943 bits per heavy atom. The molecule has 0 spiro atoms. The first-order valence-electron chi connectivity index (χ1n) is 10.9. The van der Waals surface area contributed by atoms with Crippen molar-refractivity contribution >= 4 is 29.4 Å². The quantitative estimate of drug-likeness (QED) is 0.457. The van der Waals surface area contributed by atoms with Gasteiger partial charge in [-0.1, -0.05) is 54.6 Å². The van der Waals surface area contributed by atoms with Crippen LogP contribution in [0, 0.1) is 5.82 Å². The van der Waals surface area contributed by atoms with Gasteiger partial charge in [0.05, 0.1) is 11.3 Å². The molecular formula is C26H23FN4O4. The Morgan fingerprint density at radius 2 is 1.60 bits per heavy atom. The van der Waals surface area contributed by atoms with Crippen LogP contribution in [0.3, 0.4) is 0 Å². The molecule has 1 fully saturated rings. The number of anilines is 1. The summed E-state index contributed by atoms with van der Waals surface area (Å²) in [5, 5.41) is 7.98. The third kappa shape index (κ3) is 5.03. The molecule has 4 rings (SSSR count). The van der Waals surface area contributed by atoms with Gasteiger partial charge in [-0.15, -0.1) is 0 Å². The molecule has 5 amide bonds. The Bertz CT molecular complexity index is 1280. The van der Waals surface area contributed by atoms with Gasteiger partial charge < -0.3 is 16.0 Å². The first-order chi connectivity index (χ1) is 16.8. The zero-order valence-corrected chi connectivity index (χ0v) is 18.9. The van der Waals surface area contributed by atoms with Gasteiger partial charge in [-0.25, -0.2) is 9.18 Å². The van der Waals surface area contributed by atoms with Crippen molar-refractivity contribution in [1.29, 1.82) is 0 Å². The molecule has 1 unspecified atom stereocenters. The number of imide groups is 1. The highest BCUT2D eigenvalue weighted by atomic mass is 19.1. The summed E-state index contributed by atoms with van der Waals surface area (Å²) in [4.78, 5) is 51.8. The van der Waals surface area contributed by atoms with Crippen LogP contribution in [-0.4, -0.2) is 35.2 Å². The second kappa shape index (κ2) is 9.76. The Kier molecular flexibility index (Phi) is 6.59. The van der Waals surface area contributed by atoms with Crippen molar-refractivity contribution in [3.8, 4) is 0 Å². The van der Waals surface area contributed by atoms with Crippen molar-refractivity contribution in [2.24, 2.45) is 0 Å². The van der Waals surface area contributed by atoms with E-state index in [1.165, 1.54) is 31.2 Å². The number of carbonyl (C=O) groups is 4. The molecule has 1 atom stereocenters. The topological polar surface area (TPSA) is 108 Å². The Balaban J connectivity index is 1.43. The van der Waals surface area contributed by atoms with Gasteiger partial charge in [0.15, 0.2) is 0 Å². The van der Waals surface area contributed by atoms with E-state index in [4.69, 9.17) is 0 Å². The number of urea groups is 1. The van der Waals surface area contributed by atoms with E-state index < -0.39 is 35.7 Å². The molecule has 1 heterocycles. The van der Waals surface area contributed by atoms with E-state index in [1.54, 1.807) is 24.3 Å². The average molecular weight is 474 g/mol. The maximum Gasteiger partial charge on any atom is 0.325 e. The SMILES string of the molecule is CC1(c2ccc(F)cc2)NC(=O)N(CC(=O)Nc2ccccc2C(=O)NCc2ccccc2)C1=O. The van der Waals surface area contributed by atoms with E-state index in [-0.39, 0.29) is 17.2 Å². The van der Waals surface area contributed by atoms with E-state index in [1.807, 2.05) is 30.3 Å². The van der Waals surface area contributed by atoms with E-state index in [0.717, 1.165) is 10.5 Å². The second-order valence-electron chi connectivity index (χ2n) is 8.22. The highest BCUT2D eigenvalue weighted by Gasteiger charge is 2.49. The summed E-state index contributed by atoms with van der Waals surface area (Å²) < 4.78 is 13.3. The largest absolute Gasteiger partial charge is 0.348 e. The van der Waals surface area contributed by atoms with E-state index in [0.29, 0.717) is 12.1 Å². The number of benzene rings is 3. The van der Waals surface area contributed by atoms with Crippen molar-refractivity contribution in [1.82, 2.24) is 15.5 Å². The minimum Gasteiger partial charge on any atom is -0.348 e. The molecule has 3 aromatic rings. The maximum absolute atomic E-state index is 13.3. The smallest absolute Gasteiger partial charge is 0.325 e. The van der Waals surface area contributed by atoms with Crippen LogP contribution in [0.25, 0.3) is 0 Å². The summed E-state index contributed by atoms with van der Waals surface area (Å²) in [6.45, 7) is 1.25. The Morgan fingerprint density at radius 3 is 2.31 bits per heavy atom. The van der Waals surface area contributed by atoms with Gasteiger partial charge in [0.25, 0.3) is 11.8 Å². The van der Waals surface area contributed by atoms with E-state index in [2.05, 4.69) is 16.0 Å². The molecule has 0 bridgehead atoms. The van der Waals surface area contributed by atoms with Crippen LogP contribution < -0.4 is 16.0 Å². The van der Waals surface area contributed by atoms with Crippen molar-refractivity contribution in [2.45, 2.75) is 19.0 Å². The van der Waals surface area contributed by atoms with Gasteiger partial charge in [-0.2, -0.15) is 0 Å². The van der Waals surface area contributed by atoms with Gasteiger partial charge in [-0.05, 0) is 42.3 Å². The second-order valence-corrected chi connectivity index (χ2v) is 8.22. The number of hydrogen-bond donors (Lipinski definition) is 3. The zero-order chi connectivity index (χ0) is 25.0. The van der Waals surface area contributed by atoms with Gasteiger partial charge >= 0.3 is 6.03 Å². The van der Waals surface area contributed by atoms with Crippen molar-refractivity contribution in [3.63, 3.8) is 0 Å². The molecule has 3 N–H and O–H groups in total. The summed E-state index contributed by atoms with van der Waals surface area (Å²) >= 11 is 0. The zero-order valence-electron chi connectivity index (χ0n) is 18.9. The summed E-state index contributed by atoms with van der Waals surface area (Å²) in [5.74, 6) is -2.15. The predicted octanol–water partition coefficient (Wildman–Crippen LogP) is 3.16. The number of nitrogens with one attached hydrogen (secondary N) is 3. The van der Waals surface area contributed by atoms with Crippen LogP contribution in [-0.2, 0) is 21.7 Å². The standard InChI is InChI=1S/C26H23FN4O4/c1-26(18-11-13-19(27)14-12-18)24(34)31(25(35)30-26)16-22(32)29-21-10-6-5-9-20(21)23(33)28-15-17-7-3-2-4-8-17/h2-14H,15-16H2,1H3,(H,28,33)(H,29,32)(H,30,35). The number of carbonyl (C=O) groups excluding carboxylic acids is 4. The lowest BCUT2D eigenvalue weighted by Gasteiger charge is -2.22. The third-order valence-corrected chi connectivity index (χ3v) is 5.74. The molecule has 9 heteroatoms. The molecule has 3 aromatic carbocycles. The van der Waals surface area contributed by atoms with Gasteiger partial charge in [-0.3, -0.25) is 19.3 Å². The third-order valence-electron chi connectivity index (χ3n) is 5.74. The molecule has 1 saturated heterocycles. The highest BCUT2D eigenvalue weighted by Crippen LogP contribution is 2.29. The fourth-order valence-corrected chi connectivity index (χ4v) is 3.82. The lowest BCUT2D eigenvalue weighted by atomic mass is 9.92. The minimum absolute atomic E-state index is 0.241. The lowest BCUT2D eigenvalue weighted by Crippen LogP contribution is -2.42. The monoisotopic (exact) mass is 474 g/mol. The molecule has 8 nitrogen and oxygen atoms in total. The van der Waals surface area contributed by atoms with Crippen LogP contribution in [0.15, 0.2) is 78.9 Å². The molecule has 0 saturated carbocycles. The van der Waals surface area contributed by atoms with Gasteiger partial charge in [0.1, 0.15) is 17.9 Å². The minimum atomic E-state index is -1.43. The van der Waals surface area contributed by atoms with Crippen molar-refractivity contribution < 1.29 is 23.6 Å². The first kappa shape index (κ1) is 23.6. The lowest BCUT2D eigenvalue weighted by molar-refractivity contribution is -0.133. The number of rotatable bonds is 7. The highest BCUT2D eigenvalue weighted by molar-refractivity contribution is 6.11. The van der Waals surface area contributed by atoms with Crippen molar-refractivity contribution in [2.75, 3.05) is 11.9 Å². The van der Waals surface area contributed by atoms with E-state index in [9.17, 15) is 23.6 Å². The Labute approximate surface area is 201 Å². The molecule has 0 aliphatic carbocycles. The molecule has 0 aromatic heterocycles.